The van der Waals surface area contributed by atoms with Crippen molar-refractivity contribution in [2.75, 3.05) is 5.32 Å². The molecule has 2 rings (SSSR count). The molecular formula is C10H9FN2O3. The molecule has 1 aliphatic rings. The predicted molar refractivity (Wildman–Crippen MR) is 54.7 cm³/mol. The Balaban J connectivity index is 2.74. The van der Waals surface area contributed by atoms with Gasteiger partial charge in [0.2, 0.25) is 5.91 Å². The lowest BCUT2D eigenvalue weighted by molar-refractivity contribution is -0.384. The molecule has 84 valence electrons. The summed E-state index contributed by atoms with van der Waals surface area (Å²) in [5.41, 5.74) is -0.929. The minimum Gasteiger partial charge on any atom is -0.319 e. The number of nitrogens with zero attached hydrogens (tertiary/aromatic N) is 1. The zero-order chi connectivity index (χ0) is 12.1. The molecule has 5 nitrogen and oxygen atoms in total. The standard InChI is InChI=1S/C10H9FN2O3/c1-10(2)6-3-5(11)4-7(13(15)16)8(6)12-9(10)14/h3-4H,1-2H3,(H,12,14). The average molecular weight is 224 g/mol. The molecule has 0 unspecified atom stereocenters. The number of hydrogen-bond donors (Lipinski definition) is 1. The first-order valence-electron chi connectivity index (χ1n) is 4.64. The molecule has 1 N–H and O–H groups in total. The van der Waals surface area contributed by atoms with Crippen molar-refractivity contribution in [3.8, 4) is 0 Å². The van der Waals surface area contributed by atoms with E-state index >= 15 is 0 Å². The molecule has 16 heavy (non-hydrogen) atoms. The van der Waals surface area contributed by atoms with E-state index in [0.29, 0.717) is 5.56 Å². The van der Waals surface area contributed by atoms with E-state index in [1.165, 1.54) is 0 Å². The van der Waals surface area contributed by atoms with Gasteiger partial charge in [-0.25, -0.2) is 4.39 Å². The van der Waals surface area contributed by atoms with Crippen molar-refractivity contribution in [3.63, 3.8) is 0 Å². The maximum absolute atomic E-state index is 13.2. The predicted octanol–water partition coefficient (Wildman–Crippen LogP) is 1.96. The van der Waals surface area contributed by atoms with Crippen LogP contribution in [0.25, 0.3) is 0 Å². The summed E-state index contributed by atoms with van der Waals surface area (Å²) in [7, 11) is 0. The van der Waals surface area contributed by atoms with Gasteiger partial charge >= 0.3 is 0 Å². The first kappa shape index (κ1) is 10.5. The molecule has 1 aliphatic heterocycles. The number of carbonyl (C=O) groups is 1. The van der Waals surface area contributed by atoms with Crippen LogP contribution in [0, 0.1) is 15.9 Å². The number of hydrogen-bond acceptors (Lipinski definition) is 3. The van der Waals surface area contributed by atoms with E-state index in [1.54, 1.807) is 13.8 Å². The lowest BCUT2D eigenvalue weighted by Gasteiger charge is -2.14. The maximum atomic E-state index is 13.2. The van der Waals surface area contributed by atoms with E-state index in [9.17, 15) is 19.3 Å². The zero-order valence-corrected chi connectivity index (χ0v) is 8.70. The Hall–Kier alpha value is -1.98. The molecule has 1 heterocycles. The van der Waals surface area contributed by atoms with Gasteiger partial charge < -0.3 is 5.32 Å². The van der Waals surface area contributed by atoms with Gasteiger partial charge in [-0.2, -0.15) is 0 Å². The third-order valence-electron chi connectivity index (χ3n) is 2.76. The van der Waals surface area contributed by atoms with Crippen molar-refractivity contribution in [1.82, 2.24) is 0 Å². The van der Waals surface area contributed by atoms with Crippen molar-refractivity contribution < 1.29 is 14.1 Å². The van der Waals surface area contributed by atoms with Crippen molar-refractivity contribution in [1.29, 1.82) is 0 Å². The first-order valence-corrected chi connectivity index (χ1v) is 4.64. The summed E-state index contributed by atoms with van der Waals surface area (Å²) >= 11 is 0. The highest BCUT2D eigenvalue weighted by atomic mass is 19.1. The molecule has 1 aromatic rings. The molecular weight excluding hydrogens is 215 g/mol. The van der Waals surface area contributed by atoms with Gasteiger partial charge in [-0.3, -0.25) is 14.9 Å². The monoisotopic (exact) mass is 224 g/mol. The minimum absolute atomic E-state index is 0.0985. The van der Waals surface area contributed by atoms with E-state index in [1.807, 2.05) is 0 Å². The van der Waals surface area contributed by atoms with E-state index in [2.05, 4.69) is 5.32 Å². The van der Waals surface area contributed by atoms with E-state index < -0.39 is 21.8 Å². The van der Waals surface area contributed by atoms with E-state index in [0.717, 1.165) is 12.1 Å². The third kappa shape index (κ3) is 1.26. The fraction of sp³-hybridized carbons (Fsp3) is 0.300. The molecule has 0 aromatic heterocycles. The van der Waals surface area contributed by atoms with Gasteiger partial charge in [0, 0.05) is 5.56 Å². The Morgan fingerprint density at radius 3 is 2.62 bits per heavy atom. The number of carbonyl (C=O) groups excluding carboxylic acids is 1. The number of nitro benzene ring substituents is 1. The molecule has 0 atom stereocenters. The second-order valence-corrected chi connectivity index (χ2v) is 4.18. The highest BCUT2D eigenvalue weighted by Gasteiger charge is 2.42. The quantitative estimate of drug-likeness (QED) is 0.585. The van der Waals surface area contributed by atoms with Crippen molar-refractivity contribution in [3.05, 3.63) is 33.6 Å². The van der Waals surface area contributed by atoms with Crippen LogP contribution in [0.3, 0.4) is 0 Å². The van der Waals surface area contributed by atoms with Crippen molar-refractivity contribution >= 4 is 17.3 Å². The van der Waals surface area contributed by atoms with Crippen LogP contribution in [0.15, 0.2) is 12.1 Å². The summed E-state index contributed by atoms with van der Waals surface area (Å²) in [4.78, 5) is 21.6. The van der Waals surface area contributed by atoms with Crippen LogP contribution in [-0.2, 0) is 10.2 Å². The van der Waals surface area contributed by atoms with E-state index in [4.69, 9.17) is 0 Å². The topological polar surface area (TPSA) is 72.2 Å². The smallest absolute Gasteiger partial charge is 0.295 e. The molecule has 0 fully saturated rings. The number of fused-ring (bicyclic) bond motifs is 1. The molecule has 0 radical (unpaired) electrons. The van der Waals surface area contributed by atoms with Gasteiger partial charge in [0.25, 0.3) is 5.69 Å². The van der Waals surface area contributed by atoms with Crippen LogP contribution >= 0.6 is 0 Å². The van der Waals surface area contributed by atoms with Crippen LogP contribution < -0.4 is 5.32 Å². The number of rotatable bonds is 1. The fourth-order valence-electron chi connectivity index (χ4n) is 1.75. The van der Waals surface area contributed by atoms with E-state index in [-0.39, 0.29) is 11.6 Å². The maximum Gasteiger partial charge on any atom is 0.295 e. The van der Waals surface area contributed by atoms with Crippen LogP contribution in [0.1, 0.15) is 19.4 Å². The third-order valence-corrected chi connectivity index (χ3v) is 2.76. The van der Waals surface area contributed by atoms with Crippen molar-refractivity contribution in [2.45, 2.75) is 19.3 Å². The summed E-state index contributed by atoms with van der Waals surface area (Å²) < 4.78 is 13.2. The summed E-state index contributed by atoms with van der Waals surface area (Å²) in [5, 5.41) is 13.1. The number of anilines is 1. The molecule has 0 bridgehead atoms. The molecule has 0 aliphatic carbocycles. The highest BCUT2D eigenvalue weighted by Crippen LogP contribution is 2.42. The molecule has 0 saturated heterocycles. The number of halogens is 1. The second kappa shape index (κ2) is 3.01. The SMILES string of the molecule is CC1(C)C(=O)Nc2c([N+](=O)[O-])cc(F)cc21. The molecule has 1 aromatic carbocycles. The molecule has 0 spiro atoms. The zero-order valence-electron chi connectivity index (χ0n) is 8.70. The van der Waals surface area contributed by atoms with Gasteiger partial charge in [0.15, 0.2) is 0 Å². The normalized spacial score (nSPS) is 16.8. The number of nitro groups is 1. The molecule has 6 heteroatoms. The van der Waals surface area contributed by atoms with Crippen LogP contribution in [0.5, 0.6) is 0 Å². The second-order valence-electron chi connectivity index (χ2n) is 4.18. The lowest BCUT2D eigenvalue weighted by Crippen LogP contribution is -2.26. The summed E-state index contributed by atoms with van der Waals surface area (Å²) in [6.45, 7) is 3.19. The average Bonchev–Trinajstić information content (AvgIpc) is 2.39. The summed E-state index contributed by atoms with van der Waals surface area (Å²) in [6, 6.07) is 1.96. The Bertz CT molecular complexity index is 511. The van der Waals surface area contributed by atoms with Crippen LogP contribution in [0.2, 0.25) is 0 Å². The van der Waals surface area contributed by atoms with Crippen molar-refractivity contribution in [2.24, 2.45) is 0 Å². The largest absolute Gasteiger partial charge is 0.319 e. The minimum atomic E-state index is -0.942. The summed E-state index contributed by atoms with van der Waals surface area (Å²) in [5.74, 6) is -1.08. The number of amides is 1. The number of benzene rings is 1. The van der Waals surface area contributed by atoms with Crippen LogP contribution in [-0.4, -0.2) is 10.8 Å². The van der Waals surface area contributed by atoms with Gasteiger partial charge in [-0.15, -0.1) is 0 Å². The van der Waals surface area contributed by atoms with Gasteiger partial charge in [-0.1, -0.05) is 0 Å². The van der Waals surface area contributed by atoms with Gasteiger partial charge in [0.1, 0.15) is 11.5 Å². The lowest BCUT2D eigenvalue weighted by atomic mass is 9.86. The Kier molecular flexibility index (Phi) is 1.98. The Morgan fingerprint density at radius 1 is 1.44 bits per heavy atom. The first-order chi connectivity index (χ1) is 7.34. The molecule has 0 saturated carbocycles. The summed E-state index contributed by atoms with van der Waals surface area (Å²) in [6.07, 6.45) is 0. The fourth-order valence-corrected chi connectivity index (χ4v) is 1.75. The highest BCUT2D eigenvalue weighted by molar-refractivity contribution is 6.07. The number of nitrogens with one attached hydrogen (secondary N) is 1. The Labute approximate surface area is 90.4 Å². The molecule has 1 amide bonds. The van der Waals surface area contributed by atoms with Gasteiger partial charge in [-0.05, 0) is 19.9 Å². The van der Waals surface area contributed by atoms with Gasteiger partial charge in [0.05, 0.1) is 16.4 Å². The van der Waals surface area contributed by atoms with Crippen LogP contribution in [0.4, 0.5) is 15.8 Å². The Morgan fingerprint density at radius 2 is 2.06 bits per heavy atom.